The fraction of sp³-hybridized carbons (Fsp3) is 0.533. The first-order valence-corrected chi connectivity index (χ1v) is 6.80. The van der Waals surface area contributed by atoms with Gasteiger partial charge in [-0.15, -0.1) is 0 Å². The highest BCUT2D eigenvalue weighted by Gasteiger charge is 2.20. The Hall–Kier alpha value is -1.51. The van der Waals surface area contributed by atoms with Gasteiger partial charge < -0.3 is 10.2 Å². The largest absolute Gasteiger partial charge is 0.382 e. The number of nitrogens with zero attached hydrogens (tertiary/aromatic N) is 1. The Morgan fingerprint density at radius 2 is 2.00 bits per heavy atom. The Labute approximate surface area is 109 Å². The van der Waals surface area contributed by atoms with Crippen LogP contribution in [0.4, 0.5) is 5.69 Å². The first kappa shape index (κ1) is 12.9. The summed E-state index contributed by atoms with van der Waals surface area (Å²) >= 11 is 0. The summed E-state index contributed by atoms with van der Waals surface area (Å²) in [6, 6.07) is 8.98. The van der Waals surface area contributed by atoms with Gasteiger partial charge in [0.05, 0.1) is 0 Å². The lowest BCUT2D eigenvalue weighted by Crippen LogP contribution is -2.41. The average molecular weight is 246 g/mol. The van der Waals surface area contributed by atoms with Crippen molar-refractivity contribution < 1.29 is 4.79 Å². The van der Waals surface area contributed by atoms with E-state index in [9.17, 15) is 4.79 Å². The van der Waals surface area contributed by atoms with Crippen molar-refractivity contribution in [2.24, 2.45) is 0 Å². The van der Waals surface area contributed by atoms with Gasteiger partial charge in [0.1, 0.15) is 0 Å². The molecule has 1 aliphatic rings. The average Bonchev–Trinajstić information content (AvgIpc) is 2.40. The van der Waals surface area contributed by atoms with Crippen LogP contribution < -0.4 is 5.32 Å². The van der Waals surface area contributed by atoms with E-state index in [1.54, 1.807) is 6.92 Å². The minimum Gasteiger partial charge on any atom is -0.382 e. The summed E-state index contributed by atoms with van der Waals surface area (Å²) < 4.78 is 0. The van der Waals surface area contributed by atoms with Gasteiger partial charge >= 0.3 is 0 Å². The number of nitrogens with one attached hydrogen (secondary N) is 1. The zero-order chi connectivity index (χ0) is 13.0. The number of hydrogen-bond acceptors (Lipinski definition) is 2. The third kappa shape index (κ3) is 3.03. The summed E-state index contributed by atoms with van der Waals surface area (Å²) in [6.07, 6.45) is 3.13. The van der Waals surface area contributed by atoms with Gasteiger partial charge in [-0.2, -0.15) is 0 Å². The molecule has 1 aliphatic heterocycles. The molecule has 0 bridgehead atoms. The molecule has 98 valence electrons. The van der Waals surface area contributed by atoms with E-state index in [1.807, 2.05) is 4.90 Å². The molecule has 1 aromatic carbocycles. The van der Waals surface area contributed by atoms with Crippen LogP contribution in [0.25, 0.3) is 0 Å². The second-order valence-electron chi connectivity index (χ2n) is 4.94. The second-order valence-corrected chi connectivity index (χ2v) is 4.94. The molecule has 3 nitrogen and oxygen atoms in total. The van der Waals surface area contributed by atoms with Gasteiger partial charge in [0.25, 0.3) is 0 Å². The molecule has 1 amide bonds. The molecule has 1 N–H and O–H groups in total. The quantitative estimate of drug-likeness (QED) is 0.889. The molecule has 1 fully saturated rings. The smallest absolute Gasteiger partial charge is 0.219 e. The number of hydrogen-bond donors (Lipinski definition) is 1. The van der Waals surface area contributed by atoms with Crippen LogP contribution in [-0.2, 0) is 11.2 Å². The highest BCUT2D eigenvalue weighted by atomic mass is 16.2. The highest BCUT2D eigenvalue weighted by molar-refractivity contribution is 5.73. The van der Waals surface area contributed by atoms with Crippen LogP contribution in [-0.4, -0.2) is 29.9 Å². The van der Waals surface area contributed by atoms with E-state index in [1.165, 1.54) is 11.3 Å². The molecule has 0 aromatic heterocycles. The molecule has 3 heteroatoms. The zero-order valence-electron chi connectivity index (χ0n) is 11.3. The minimum atomic E-state index is 0.197. The Morgan fingerprint density at radius 3 is 2.61 bits per heavy atom. The lowest BCUT2D eigenvalue weighted by Gasteiger charge is -2.32. The van der Waals surface area contributed by atoms with Crippen LogP contribution in [0, 0.1) is 0 Å². The third-order valence-corrected chi connectivity index (χ3v) is 3.70. The van der Waals surface area contributed by atoms with Crippen LogP contribution in [0.2, 0.25) is 0 Å². The molecule has 0 saturated carbocycles. The van der Waals surface area contributed by atoms with Crippen LogP contribution in [0.5, 0.6) is 0 Å². The van der Waals surface area contributed by atoms with E-state index < -0.39 is 0 Å². The van der Waals surface area contributed by atoms with Gasteiger partial charge in [-0.25, -0.2) is 0 Å². The Bertz CT molecular complexity index is 409. The SMILES string of the molecule is CCc1ccccc1NC1CCN(C(C)=O)CC1. The lowest BCUT2D eigenvalue weighted by molar-refractivity contribution is -0.129. The molecular formula is C15H22N2O. The van der Waals surface area contributed by atoms with Gasteiger partial charge in [-0.3, -0.25) is 4.79 Å². The summed E-state index contributed by atoms with van der Waals surface area (Å²) in [5, 5.41) is 3.62. The highest BCUT2D eigenvalue weighted by Crippen LogP contribution is 2.20. The number of amides is 1. The fourth-order valence-electron chi connectivity index (χ4n) is 2.53. The van der Waals surface area contributed by atoms with Gasteiger partial charge in [-0.05, 0) is 30.9 Å². The predicted octanol–water partition coefficient (Wildman–Crippen LogP) is 2.67. The number of carbonyl (C=O) groups excluding carboxylic acids is 1. The predicted molar refractivity (Wildman–Crippen MR) is 74.7 cm³/mol. The summed E-state index contributed by atoms with van der Waals surface area (Å²) in [7, 11) is 0. The number of likely N-dealkylation sites (tertiary alicyclic amines) is 1. The third-order valence-electron chi connectivity index (χ3n) is 3.70. The number of carbonyl (C=O) groups is 1. The normalized spacial score (nSPS) is 16.7. The summed E-state index contributed by atoms with van der Waals surface area (Å²) in [4.78, 5) is 13.2. The molecule has 1 heterocycles. The van der Waals surface area contributed by atoms with Gasteiger partial charge in [0.2, 0.25) is 5.91 Å². The summed E-state index contributed by atoms with van der Waals surface area (Å²) in [6.45, 7) is 5.58. The van der Waals surface area contributed by atoms with Gasteiger partial charge in [0.15, 0.2) is 0 Å². The Balaban J connectivity index is 1.93. The van der Waals surface area contributed by atoms with E-state index in [4.69, 9.17) is 0 Å². The first-order chi connectivity index (χ1) is 8.70. The standard InChI is InChI=1S/C15H22N2O/c1-3-13-6-4-5-7-15(13)16-14-8-10-17(11-9-14)12(2)18/h4-7,14,16H,3,8-11H2,1-2H3. The molecule has 2 rings (SSSR count). The second kappa shape index (κ2) is 5.89. The summed E-state index contributed by atoms with van der Waals surface area (Å²) in [5.41, 5.74) is 2.62. The summed E-state index contributed by atoms with van der Waals surface area (Å²) in [5.74, 6) is 0.197. The molecule has 0 radical (unpaired) electrons. The van der Waals surface area contributed by atoms with Crippen molar-refractivity contribution >= 4 is 11.6 Å². The number of aryl methyl sites for hydroxylation is 1. The van der Waals surface area contributed by atoms with E-state index >= 15 is 0 Å². The molecule has 1 aromatic rings. The van der Waals surface area contributed by atoms with Crippen LogP contribution in [0.3, 0.4) is 0 Å². The van der Waals surface area contributed by atoms with Crippen molar-refractivity contribution in [1.82, 2.24) is 4.90 Å². The van der Waals surface area contributed by atoms with E-state index in [2.05, 4.69) is 36.5 Å². The molecule has 0 aliphatic carbocycles. The molecule has 0 atom stereocenters. The van der Waals surface area contributed by atoms with Crippen LogP contribution in [0.1, 0.15) is 32.3 Å². The monoisotopic (exact) mass is 246 g/mol. The van der Waals surface area contributed by atoms with Crippen molar-refractivity contribution in [3.63, 3.8) is 0 Å². The van der Waals surface area contributed by atoms with Gasteiger partial charge in [0, 0.05) is 31.7 Å². The molecule has 0 spiro atoms. The molecule has 18 heavy (non-hydrogen) atoms. The maximum Gasteiger partial charge on any atom is 0.219 e. The molecule has 1 saturated heterocycles. The minimum absolute atomic E-state index is 0.197. The fourth-order valence-corrected chi connectivity index (χ4v) is 2.53. The Morgan fingerprint density at radius 1 is 1.33 bits per heavy atom. The van der Waals surface area contributed by atoms with Crippen molar-refractivity contribution in [3.8, 4) is 0 Å². The van der Waals surface area contributed by atoms with E-state index in [0.29, 0.717) is 6.04 Å². The van der Waals surface area contributed by atoms with Gasteiger partial charge in [-0.1, -0.05) is 25.1 Å². The molecule has 0 unspecified atom stereocenters. The zero-order valence-corrected chi connectivity index (χ0v) is 11.3. The van der Waals surface area contributed by atoms with E-state index in [-0.39, 0.29) is 5.91 Å². The number of piperidine rings is 1. The van der Waals surface area contributed by atoms with Crippen molar-refractivity contribution in [1.29, 1.82) is 0 Å². The number of para-hydroxylation sites is 1. The number of benzene rings is 1. The van der Waals surface area contributed by atoms with Crippen molar-refractivity contribution in [2.75, 3.05) is 18.4 Å². The topological polar surface area (TPSA) is 32.3 Å². The number of anilines is 1. The van der Waals surface area contributed by atoms with Crippen molar-refractivity contribution in [3.05, 3.63) is 29.8 Å². The molecular weight excluding hydrogens is 224 g/mol. The Kier molecular flexibility index (Phi) is 4.24. The van der Waals surface area contributed by atoms with E-state index in [0.717, 1.165) is 32.4 Å². The number of rotatable bonds is 3. The first-order valence-electron chi connectivity index (χ1n) is 6.80. The van der Waals surface area contributed by atoms with Crippen LogP contribution >= 0.6 is 0 Å². The maximum absolute atomic E-state index is 11.3. The maximum atomic E-state index is 11.3. The van der Waals surface area contributed by atoms with Crippen molar-refractivity contribution in [2.45, 2.75) is 39.2 Å². The van der Waals surface area contributed by atoms with Crippen LogP contribution in [0.15, 0.2) is 24.3 Å². The lowest BCUT2D eigenvalue weighted by atomic mass is 10.0.